The fraction of sp³-hybridized carbons (Fsp3) is 0.400. The summed E-state index contributed by atoms with van der Waals surface area (Å²) in [5.41, 5.74) is 24.8. The predicted octanol–water partition coefficient (Wildman–Crippen LogP) is 10.1. The van der Waals surface area contributed by atoms with Crippen LogP contribution in [0.3, 0.4) is 0 Å². The highest BCUT2D eigenvalue weighted by atomic mass is 14.5. The average Bonchev–Trinajstić information content (AvgIpc) is 2.98. The van der Waals surface area contributed by atoms with E-state index < -0.39 is 0 Å². The van der Waals surface area contributed by atoms with Gasteiger partial charge in [-0.15, -0.1) is 0 Å². The van der Waals surface area contributed by atoms with Crippen LogP contribution in [-0.2, 0) is 18.3 Å². The second-order valence-electron chi connectivity index (χ2n) is 13.0. The molecule has 5 rings (SSSR count). The Bertz CT molecular complexity index is 1340. The first kappa shape index (κ1) is 30.0. The standard InChI is InChI=1S/C40H50N2/c1-4-5-6-7-8-31-21-23-40(24-22-31,38-19-13-34(25-29(38)2)27-32-9-15-36(41)16-10-32)39-20-14-35(26-30(39)3)28-33-11-17-37(42)18-12-33/h9-20,25-26,31H,4-8,21-24,27-28,41-42H2,1-3H3. The first-order valence-electron chi connectivity index (χ1n) is 16.2. The highest BCUT2D eigenvalue weighted by Crippen LogP contribution is 2.49. The van der Waals surface area contributed by atoms with E-state index in [9.17, 15) is 0 Å². The van der Waals surface area contributed by atoms with Crippen molar-refractivity contribution < 1.29 is 0 Å². The number of nitrogen functional groups attached to an aromatic ring is 2. The van der Waals surface area contributed by atoms with Gasteiger partial charge in [0.2, 0.25) is 0 Å². The number of anilines is 2. The van der Waals surface area contributed by atoms with E-state index in [1.54, 1.807) is 0 Å². The third kappa shape index (κ3) is 7.09. The molecule has 0 bridgehead atoms. The maximum absolute atomic E-state index is 5.93. The maximum Gasteiger partial charge on any atom is 0.0314 e. The van der Waals surface area contributed by atoms with E-state index in [1.807, 2.05) is 24.3 Å². The van der Waals surface area contributed by atoms with E-state index in [0.29, 0.717) is 0 Å². The highest BCUT2D eigenvalue weighted by Gasteiger charge is 2.40. The van der Waals surface area contributed by atoms with Gasteiger partial charge in [0.05, 0.1) is 0 Å². The number of benzene rings is 4. The summed E-state index contributed by atoms with van der Waals surface area (Å²) in [4.78, 5) is 0. The van der Waals surface area contributed by atoms with Crippen molar-refractivity contribution in [2.24, 2.45) is 5.92 Å². The number of rotatable bonds is 11. The fourth-order valence-electron chi connectivity index (χ4n) is 7.49. The number of aryl methyl sites for hydroxylation is 2. The number of hydrogen-bond donors (Lipinski definition) is 2. The minimum absolute atomic E-state index is 0.0769. The fourth-order valence-corrected chi connectivity index (χ4v) is 7.49. The Labute approximate surface area is 254 Å². The number of unbranched alkanes of at least 4 members (excludes halogenated alkanes) is 3. The molecule has 4 aromatic carbocycles. The largest absolute Gasteiger partial charge is 0.399 e. The molecule has 0 atom stereocenters. The minimum atomic E-state index is 0.0769. The van der Waals surface area contributed by atoms with Crippen molar-refractivity contribution in [2.75, 3.05) is 11.5 Å². The van der Waals surface area contributed by atoms with Gasteiger partial charge in [0, 0.05) is 16.8 Å². The number of nitrogens with two attached hydrogens (primary N) is 2. The molecule has 4 aromatic rings. The summed E-state index contributed by atoms with van der Waals surface area (Å²) in [7, 11) is 0. The van der Waals surface area contributed by atoms with Crippen LogP contribution in [0.25, 0.3) is 0 Å². The molecule has 0 saturated heterocycles. The lowest BCUT2D eigenvalue weighted by Crippen LogP contribution is -2.34. The molecule has 0 amide bonds. The number of hydrogen-bond acceptors (Lipinski definition) is 2. The van der Waals surface area contributed by atoms with Crippen molar-refractivity contribution >= 4 is 11.4 Å². The lowest BCUT2D eigenvalue weighted by molar-refractivity contribution is 0.249. The molecular weight excluding hydrogens is 508 g/mol. The van der Waals surface area contributed by atoms with Crippen LogP contribution in [-0.4, -0.2) is 0 Å². The average molecular weight is 559 g/mol. The Morgan fingerprint density at radius 3 is 1.48 bits per heavy atom. The summed E-state index contributed by atoms with van der Waals surface area (Å²) in [6.45, 7) is 6.98. The van der Waals surface area contributed by atoms with Crippen molar-refractivity contribution in [3.8, 4) is 0 Å². The van der Waals surface area contributed by atoms with Crippen LogP contribution in [0.1, 0.15) is 109 Å². The van der Waals surface area contributed by atoms with Crippen LogP contribution in [0.5, 0.6) is 0 Å². The molecule has 0 unspecified atom stereocenters. The van der Waals surface area contributed by atoms with Gasteiger partial charge < -0.3 is 11.5 Å². The zero-order valence-corrected chi connectivity index (χ0v) is 26.1. The Morgan fingerprint density at radius 2 is 1.05 bits per heavy atom. The molecular formula is C40H50N2. The smallest absolute Gasteiger partial charge is 0.0314 e. The van der Waals surface area contributed by atoms with Gasteiger partial charge in [-0.2, -0.15) is 0 Å². The third-order valence-electron chi connectivity index (χ3n) is 9.81. The summed E-state index contributed by atoms with van der Waals surface area (Å²) < 4.78 is 0. The van der Waals surface area contributed by atoms with Crippen molar-refractivity contribution in [2.45, 2.75) is 96.8 Å². The van der Waals surface area contributed by atoms with Gasteiger partial charge in [0.25, 0.3) is 0 Å². The summed E-state index contributed by atoms with van der Waals surface area (Å²) in [6.07, 6.45) is 13.9. The Morgan fingerprint density at radius 1 is 0.595 bits per heavy atom. The topological polar surface area (TPSA) is 52.0 Å². The maximum atomic E-state index is 5.93. The quantitative estimate of drug-likeness (QED) is 0.142. The van der Waals surface area contributed by atoms with Gasteiger partial charge in [-0.25, -0.2) is 0 Å². The zero-order valence-electron chi connectivity index (χ0n) is 26.1. The van der Waals surface area contributed by atoms with Crippen molar-refractivity contribution in [3.05, 3.63) is 129 Å². The van der Waals surface area contributed by atoms with Crippen LogP contribution in [0.2, 0.25) is 0 Å². The summed E-state index contributed by atoms with van der Waals surface area (Å²) in [5, 5.41) is 0. The monoisotopic (exact) mass is 558 g/mol. The Balaban J connectivity index is 1.43. The molecule has 4 N–H and O–H groups in total. The predicted molar refractivity (Wildman–Crippen MR) is 181 cm³/mol. The lowest BCUT2D eigenvalue weighted by Gasteiger charge is -2.43. The first-order chi connectivity index (χ1) is 20.4. The van der Waals surface area contributed by atoms with Crippen molar-refractivity contribution in [3.63, 3.8) is 0 Å². The SMILES string of the molecule is CCCCCCC1CCC(c2ccc(Cc3ccc(N)cc3)cc2C)(c2ccc(Cc3ccc(N)cc3)cc2C)CC1. The molecule has 42 heavy (non-hydrogen) atoms. The van der Waals surface area contributed by atoms with E-state index in [4.69, 9.17) is 11.5 Å². The Hall–Kier alpha value is -3.52. The Kier molecular flexibility index (Phi) is 9.73. The molecule has 0 aliphatic heterocycles. The molecule has 1 aliphatic rings. The van der Waals surface area contributed by atoms with Crippen LogP contribution in [0, 0.1) is 19.8 Å². The van der Waals surface area contributed by atoms with E-state index >= 15 is 0 Å². The zero-order chi connectivity index (χ0) is 29.5. The van der Waals surface area contributed by atoms with E-state index in [0.717, 1.165) is 30.1 Å². The molecule has 0 radical (unpaired) electrons. The lowest BCUT2D eigenvalue weighted by atomic mass is 9.60. The van der Waals surface area contributed by atoms with E-state index in [-0.39, 0.29) is 5.41 Å². The van der Waals surface area contributed by atoms with Crippen LogP contribution in [0.15, 0.2) is 84.9 Å². The van der Waals surface area contributed by atoms with Gasteiger partial charge in [0.1, 0.15) is 0 Å². The second-order valence-corrected chi connectivity index (χ2v) is 13.0. The van der Waals surface area contributed by atoms with Gasteiger partial charge in [-0.3, -0.25) is 0 Å². The molecule has 1 saturated carbocycles. The summed E-state index contributed by atoms with van der Waals surface area (Å²) >= 11 is 0. The molecule has 0 aromatic heterocycles. The minimum Gasteiger partial charge on any atom is -0.399 e. The van der Waals surface area contributed by atoms with Crippen molar-refractivity contribution in [1.82, 2.24) is 0 Å². The molecule has 2 heteroatoms. The van der Waals surface area contributed by atoms with Crippen LogP contribution < -0.4 is 11.5 Å². The van der Waals surface area contributed by atoms with Crippen LogP contribution in [0.4, 0.5) is 11.4 Å². The normalized spacial score (nSPS) is 15.1. The van der Waals surface area contributed by atoms with Gasteiger partial charge in [0.15, 0.2) is 0 Å². The third-order valence-corrected chi connectivity index (χ3v) is 9.81. The molecule has 2 nitrogen and oxygen atoms in total. The van der Waals surface area contributed by atoms with Crippen molar-refractivity contribution in [1.29, 1.82) is 0 Å². The van der Waals surface area contributed by atoms with Gasteiger partial charge in [-0.05, 0) is 127 Å². The summed E-state index contributed by atoms with van der Waals surface area (Å²) in [6, 6.07) is 31.2. The summed E-state index contributed by atoms with van der Waals surface area (Å²) in [5.74, 6) is 0.866. The molecule has 0 spiro atoms. The highest BCUT2D eigenvalue weighted by molar-refractivity contribution is 5.50. The molecule has 220 valence electrons. The van der Waals surface area contributed by atoms with Crippen LogP contribution >= 0.6 is 0 Å². The van der Waals surface area contributed by atoms with E-state index in [1.165, 1.54) is 102 Å². The first-order valence-corrected chi connectivity index (χ1v) is 16.2. The molecule has 0 heterocycles. The van der Waals surface area contributed by atoms with Gasteiger partial charge >= 0.3 is 0 Å². The molecule has 1 aliphatic carbocycles. The van der Waals surface area contributed by atoms with E-state index in [2.05, 4.69) is 81.4 Å². The second kappa shape index (κ2) is 13.6. The molecule has 1 fully saturated rings. The van der Waals surface area contributed by atoms with Gasteiger partial charge in [-0.1, -0.05) is 99.7 Å².